The van der Waals surface area contributed by atoms with E-state index in [4.69, 9.17) is 19.5 Å². The minimum Gasteiger partial charge on any atom is -0.497 e. The average Bonchev–Trinajstić information content (AvgIpc) is 2.72. The molecule has 7 nitrogen and oxygen atoms in total. The van der Waals surface area contributed by atoms with Crippen molar-refractivity contribution in [3.05, 3.63) is 59.7 Å². The van der Waals surface area contributed by atoms with Crippen LogP contribution in [0, 0.1) is 11.3 Å². The molecular weight excluding hydrogens is 360 g/mol. The van der Waals surface area contributed by atoms with Crippen LogP contribution in [0.3, 0.4) is 0 Å². The van der Waals surface area contributed by atoms with Crippen LogP contribution < -0.4 is 14.8 Å². The van der Waals surface area contributed by atoms with E-state index in [0.29, 0.717) is 29.2 Å². The smallest absolute Gasteiger partial charge is 0.331 e. The zero-order valence-electron chi connectivity index (χ0n) is 15.6. The lowest BCUT2D eigenvalue weighted by Gasteiger charge is -2.06. The molecule has 2 aromatic rings. The lowest BCUT2D eigenvalue weighted by atomic mass is 10.1. The number of nitrogens with zero attached hydrogens (tertiary/aromatic N) is 1. The molecule has 1 N–H and O–H groups in total. The van der Waals surface area contributed by atoms with Crippen molar-refractivity contribution in [3.63, 3.8) is 0 Å². The Kier molecular flexibility index (Phi) is 7.61. The number of anilines is 1. The Bertz CT molecular complexity index is 876. The number of hydrogen-bond donors (Lipinski definition) is 1. The quantitative estimate of drug-likeness (QED) is 0.558. The summed E-state index contributed by atoms with van der Waals surface area (Å²) in [6.07, 6.45) is 3.06. The molecule has 0 atom stereocenters. The molecule has 0 saturated carbocycles. The molecule has 1 amide bonds. The number of amides is 1. The van der Waals surface area contributed by atoms with Gasteiger partial charge in [0.1, 0.15) is 11.5 Å². The SMILES string of the molecule is COc1cc(/C=C/C(=O)OCC(=O)Nc2ccc(CC#N)cc2)cc(OC)c1. The summed E-state index contributed by atoms with van der Waals surface area (Å²) in [6.45, 7) is -0.412. The first-order chi connectivity index (χ1) is 13.5. The Morgan fingerprint density at radius 3 is 2.29 bits per heavy atom. The van der Waals surface area contributed by atoms with Gasteiger partial charge in [0, 0.05) is 17.8 Å². The van der Waals surface area contributed by atoms with E-state index in [0.717, 1.165) is 5.56 Å². The average molecular weight is 380 g/mol. The molecule has 0 aliphatic heterocycles. The summed E-state index contributed by atoms with van der Waals surface area (Å²) in [7, 11) is 3.07. The number of hydrogen-bond acceptors (Lipinski definition) is 6. The van der Waals surface area contributed by atoms with Crippen LogP contribution in [0.5, 0.6) is 11.5 Å². The maximum absolute atomic E-state index is 11.9. The van der Waals surface area contributed by atoms with Gasteiger partial charge in [0.2, 0.25) is 0 Å². The molecule has 2 aromatic carbocycles. The number of carbonyl (C=O) groups excluding carboxylic acids is 2. The fourth-order valence-electron chi connectivity index (χ4n) is 2.27. The van der Waals surface area contributed by atoms with Crippen LogP contribution >= 0.6 is 0 Å². The number of rotatable bonds is 8. The van der Waals surface area contributed by atoms with Crippen LogP contribution in [-0.4, -0.2) is 32.7 Å². The number of nitriles is 1. The number of benzene rings is 2. The first-order valence-corrected chi connectivity index (χ1v) is 8.37. The molecule has 0 spiro atoms. The van der Waals surface area contributed by atoms with E-state index in [-0.39, 0.29) is 0 Å². The summed E-state index contributed by atoms with van der Waals surface area (Å²) in [6, 6.07) is 14.1. The van der Waals surface area contributed by atoms with E-state index in [1.807, 2.05) is 6.07 Å². The summed E-state index contributed by atoms with van der Waals surface area (Å²) in [5, 5.41) is 11.3. The molecule has 28 heavy (non-hydrogen) atoms. The van der Waals surface area contributed by atoms with Crippen LogP contribution in [-0.2, 0) is 20.7 Å². The molecular formula is C21H20N2O5. The fourth-order valence-corrected chi connectivity index (χ4v) is 2.27. The summed E-state index contributed by atoms with van der Waals surface area (Å²) in [5.74, 6) is 0.0687. The van der Waals surface area contributed by atoms with Gasteiger partial charge in [-0.3, -0.25) is 4.79 Å². The van der Waals surface area contributed by atoms with Gasteiger partial charge in [0.25, 0.3) is 5.91 Å². The fraction of sp³-hybridized carbons (Fsp3) is 0.190. The zero-order chi connectivity index (χ0) is 20.4. The van der Waals surface area contributed by atoms with E-state index < -0.39 is 18.5 Å². The molecule has 0 heterocycles. The highest BCUT2D eigenvalue weighted by molar-refractivity contribution is 5.94. The van der Waals surface area contributed by atoms with Crippen LogP contribution in [0.25, 0.3) is 6.08 Å². The predicted molar refractivity (Wildman–Crippen MR) is 104 cm³/mol. The molecule has 0 fully saturated rings. The van der Waals surface area contributed by atoms with Gasteiger partial charge in [-0.1, -0.05) is 12.1 Å². The van der Waals surface area contributed by atoms with Gasteiger partial charge in [0.05, 0.1) is 26.7 Å². The normalized spacial score (nSPS) is 10.2. The Labute approximate surface area is 163 Å². The maximum atomic E-state index is 11.9. The van der Waals surface area contributed by atoms with Crippen molar-refractivity contribution in [2.45, 2.75) is 6.42 Å². The summed E-state index contributed by atoms with van der Waals surface area (Å²) < 4.78 is 15.3. The molecule has 144 valence electrons. The molecule has 0 saturated heterocycles. The van der Waals surface area contributed by atoms with E-state index in [2.05, 4.69) is 5.32 Å². The van der Waals surface area contributed by atoms with Crippen LogP contribution in [0.2, 0.25) is 0 Å². The molecule has 2 rings (SSSR count). The van der Waals surface area contributed by atoms with Crippen molar-refractivity contribution < 1.29 is 23.8 Å². The van der Waals surface area contributed by atoms with E-state index in [1.54, 1.807) is 48.5 Å². The number of esters is 1. The van der Waals surface area contributed by atoms with E-state index in [1.165, 1.54) is 20.3 Å². The van der Waals surface area contributed by atoms with Crippen LogP contribution in [0.15, 0.2) is 48.5 Å². The molecule has 0 aliphatic rings. The minimum atomic E-state index is -0.652. The number of nitrogens with one attached hydrogen (secondary N) is 1. The highest BCUT2D eigenvalue weighted by atomic mass is 16.5. The van der Waals surface area contributed by atoms with E-state index >= 15 is 0 Å². The van der Waals surface area contributed by atoms with Gasteiger partial charge < -0.3 is 19.5 Å². The molecule has 0 radical (unpaired) electrons. The lowest BCUT2D eigenvalue weighted by molar-refractivity contribution is -0.142. The van der Waals surface area contributed by atoms with Gasteiger partial charge in [-0.05, 0) is 41.5 Å². The van der Waals surface area contributed by atoms with Gasteiger partial charge >= 0.3 is 5.97 Å². The van der Waals surface area contributed by atoms with Crippen molar-refractivity contribution in [1.82, 2.24) is 0 Å². The summed E-state index contributed by atoms with van der Waals surface area (Å²) >= 11 is 0. The first kappa shape index (κ1) is 20.5. The number of carbonyl (C=O) groups is 2. The second kappa shape index (κ2) is 10.4. The van der Waals surface area contributed by atoms with Crippen molar-refractivity contribution in [2.24, 2.45) is 0 Å². The first-order valence-electron chi connectivity index (χ1n) is 8.37. The van der Waals surface area contributed by atoms with Gasteiger partial charge in [0.15, 0.2) is 6.61 Å². The number of methoxy groups -OCH3 is 2. The Morgan fingerprint density at radius 2 is 1.71 bits per heavy atom. The molecule has 0 bridgehead atoms. The summed E-state index contributed by atoms with van der Waals surface area (Å²) in [5.41, 5.74) is 2.10. The van der Waals surface area contributed by atoms with Crippen LogP contribution in [0.1, 0.15) is 11.1 Å². The van der Waals surface area contributed by atoms with Crippen molar-refractivity contribution in [2.75, 3.05) is 26.1 Å². The third-order valence-corrected chi connectivity index (χ3v) is 3.65. The van der Waals surface area contributed by atoms with E-state index in [9.17, 15) is 9.59 Å². The van der Waals surface area contributed by atoms with Crippen LogP contribution in [0.4, 0.5) is 5.69 Å². The Morgan fingerprint density at radius 1 is 1.07 bits per heavy atom. The van der Waals surface area contributed by atoms with Crippen molar-refractivity contribution in [3.8, 4) is 17.6 Å². The Balaban J connectivity index is 1.85. The summed E-state index contributed by atoms with van der Waals surface area (Å²) in [4.78, 5) is 23.7. The van der Waals surface area contributed by atoms with Gasteiger partial charge in [-0.2, -0.15) is 5.26 Å². The molecule has 0 aliphatic carbocycles. The second-order valence-corrected chi connectivity index (χ2v) is 5.67. The second-order valence-electron chi connectivity index (χ2n) is 5.67. The third kappa shape index (κ3) is 6.50. The maximum Gasteiger partial charge on any atom is 0.331 e. The molecule has 0 aromatic heterocycles. The van der Waals surface area contributed by atoms with Gasteiger partial charge in [-0.25, -0.2) is 4.79 Å². The topological polar surface area (TPSA) is 97.6 Å². The zero-order valence-corrected chi connectivity index (χ0v) is 15.6. The highest BCUT2D eigenvalue weighted by Gasteiger charge is 2.06. The standard InChI is InChI=1S/C21H20N2O5/c1-26-18-11-16(12-19(13-18)27-2)5-8-21(25)28-14-20(24)23-17-6-3-15(4-7-17)9-10-22/h3-8,11-13H,9,14H2,1-2H3,(H,23,24)/b8-5+. The third-order valence-electron chi connectivity index (χ3n) is 3.65. The largest absolute Gasteiger partial charge is 0.497 e. The minimum absolute atomic E-state index is 0.303. The number of ether oxygens (including phenoxy) is 3. The monoisotopic (exact) mass is 380 g/mol. The predicted octanol–water partition coefficient (Wildman–Crippen LogP) is 2.96. The van der Waals surface area contributed by atoms with Crippen molar-refractivity contribution in [1.29, 1.82) is 5.26 Å². The molecule has 0 unspecified atom stereocenters. The Hall–Kier alpha value is -3.79. The van der Waals surface area contributed by atoms with Gasteiger partial charge in [-0.15, -0.1) is 0 Å². The van der Waals surface area contributed by atoms with Crippen molar-refractivity contribution >= 4 is 23.6 Å². The lowest BCUT2D eigenvalue weighted by Crippen LogP contribution is -2.20. The highest BCUT2D eigenvalue weighted by Crippen LogP contribution is 2.23. The molecule has 7 heteroatoms.